The molecule has 0 aromatic carbocycles. The quantitative estimate of drug-likeness (QED) is 0.421. The SMILES string of the molecule is O=C(O)c1cnc(NCCOCC2CC2)c([N+](=O)[O-])c1. The third-order valence-corrected chi connectivity index (χ3v) is 2.90. The minimum Gasteiger partial charge on any atom is -0.478 e. The van der Waals surface area contributed by atoms with Gasteiger partial charge in [-0.25, -0.2) is 9.78 Å². The number of carbonyl (C=O) groups is 1. The Balaban J connectivity index is 1.91. The van der Waals surface area contributed by atoms with Gasteiger partial charge in [-0.1, -0.05) is 0 Å². The first-order valence-corrected chi connectivity index (χ1v) is 6.27. The van der Waals surface area contributed by atoms with Gasteiger partial charge >= 0.3 is 11.7 Å². The maximum absolute atomic E-state index is 10.9. The van der Waals surface area contributed by atoms with Crippen LogP contribution < -0.4 is 5.32 Å². The molecule has 1 saturated carbocycles. The average Bonchev–Trinajstić information content (AvgIpc) is 3.22. The molecule has 20 heavy (non-hydrogen) atoms. The Morgan fingerprint density at radius 3 is 2.95 bits per heavy atom. The molecule has 0 aliphatic heterocycles. The normalized spacial score (nSPS) is 14.0. The van der Waals surface area contributed by atoms with E-state index in [4.69, 9.17) is 9.84 Å². The lowest BCUT2D eigenvalue weighted by atomic mass is 10.2. The van der Waals surface area contributed by atoms with Crippen LogP contribution in [0.1, 0.15) is 23.2 Å². The van der Waals surface area contributed by atoms with Gasteiger partial charge in [0.15, 0.2) is 0 Å². The van der Waals surface area contributed by atoms with Gasteiger partial charge in [0, 0.05) is 25.4 Å². The van der Waals surface area contributed by atoms with Crippen molar-refractivity contribution in [2.45, 2.75) is 12.8 Å². The van der Waals surface area contributed by atoms with E-state index in [0.717, 1.165) is 18.9 Å². The largest absolute Gasteiger partial charge is 0.478 e. The van der Waals surface area contributed by atoms with E-state index in [0.29, 0.717) is 19.1 Å². The summed E-state index contributed by atoms with van der Waals surface area (Å²) in [6.45, 7) is 1.53. The molecule has 108 valence electrons. The Kier molecular flexibility index (Phi) is 4.46. The van der Waals surface area contributed by atoms with Crippen molar-refractivity contribution in [2.24, 2.45) is 5.92 Å². The van der Waals surface area contributed by atoms with Gasteiger partial charge in [-0.3, -0.25) is 10.1 Å². The predicted molar refractivity (Wildman–Crippen MR) is 69.9 cm³/mol. The number of nitro groups is 1. The van der Waals surface area contributed by atoms with E-state index in [1.807, 2.05) is 0 Å². The Bertz CT molecular complexity index is 516. The lowest BCUT2D eigenvalue weighted by molar-refractivity contribution is -0.384. The van der Waals surface area contributed by atoms with Crippen LogP contribution in [0.15, 0.2) is 12.3 Å². The van der Waals surface area contributed by atoms with Crippen molar-refractivity contribution in [3.8, 4) is 0 Å². The molecule has 0 amide bonds. The number of nitrogens with zero attached hydrogens (tertiary/aromatic N) is 2. The number of aromatic carboxylic acids is 1. The minimum atomic E-state index is -1.25. The van der Waals surface area contributed by atoms with Crippen molar-refractivity contribution in [1.82, 2.24) is 4.98 Å². The van der Waals surface area contributed by atoms with Gasteiger partial charge in [0.2, 0.25) is 5.82 Å². The highest BCUT2D eigenvalue weighted by molar-refractivity contribution is 5.88. The van der Waals surface area contributed by atoms with E-state index in [1.165, 1.54) is 12.8 Å². The number of anilines is 1. The Labute approximate surface area is 114 Å². The molecule has 0 saturated heterocycles. The maximum atomic E-state index is 10.9. The molecule has 0 unspecified atom stereocenters. The van der Waals surface area contributed by atoms with Crippen LogP contribution in [0.5, 0.6) is 0 Å². The van der Waals surface area contributed by atoms with E-state index in [-0.39, 0.29) is 17.1 Å². The number of aromatic nitrogens is 1. The summed E-state index contributed by atoms with van der Waals surface area (Å²) in [5, 5.41) is 22.5. The molecule has 8 nitrogen and oxygen atoms in total. The van der Waals surface area contributed by atoms with Crippen molar-refractivity contribution >= 4 is 17.5 Å². The fourth-order valence-electron chi connectivity index (χ4n) is 1.62. The lowest BCUT2D eigenvalue weighted by Gasteiger charge is -2.07. The zero-order valence-electron chi connectivity index (χ0n) is 10.7. The van der Waals surface area contributed by atoms with Crippen molar-refractivity contribution in [3.05, 3.63) is 27.9 Å². The smallest absolute Gasteiger partial charge is 0.337 e. The van der Waals surface area contributed by atoms with Crippen molar-refractivity contribution in [1.29, 1.82) is 0 Å². The standard InChI is InChI=1S/C12H15N3O5/c16-12(17)9-5-10(15(18)19)11(14-6-9)13-3-4-20-7-8-1-2-8/h5-6,8H,1-4,7H2,(H,13,14)(H,16,17). The highest BCUT2D eigenvalue weighted by Crippen LogP contribution is 2.28. The zero-order chi connectivity index (χ0) is 14.5. The summed E-state index contributed by atoms with van der Waals surface area (Å²) in [6, 6.07) is 0.989. The summed E-state index contributed by atoms with van der Waals surface area (Å²) in [5.41, 5.74) is -0.570. The number of pyridine rings is 1. The number of ether oxygens (including phenoxy) is 1. The van der Waals surface area contributed by atoms with E-state index in [1.54, 1.807) is 0 Å². The lowest BCUT2D eigenvalue weighted by Crippen LogP contribution is -2.13. The number of nitrogens with one attached hydrogen (secondary N) is 1. The molecule has 2 N–H and O–H groups in total. The number of hydrogen-bond donors (Lipinski definition) is 2. The number of carboxylic acid groups (broad SMARTS) is 1. The topological polar surface area (TPSA) is 115 Å². The van der Waals surface area contributed by atoms with E-state index in [2.05, 4.69) is 10.3 Å². The van der Waals surface area contributed by atoms with Crippen LogP contribution in [0.25, 0.3) is 0 Å². The first-order valence-electron chi connectivity index (χ1n) is 6.27. The highest BCUT2D eigenvalue weighted by Gasteiger charge is 2.21. The molecule has 1 fully saturated rings. The second-order valence-corrected chi connectivity index (χ2v) is 4.60. The number of rotatable bonds is 8. The average molecular weight is 281 g/mol. The van der Waals surface area contributed by atoms with Gasteiger partial charge in [0.25, 0.3) is 0 Å². The fraction of sp³-hybridized carbons (Fsp3) is 0.500. The number of carboxylic acids is 1. The van der Waals surface area contributed by atoms with Crippen molar-refractivity contribution in [2.75, 3.05) is 25.1 Å². The fourth-order valence-corrected chi connectivity index (χ4v) is 1.62. The van der Waals surface area contributed by atoms with Crippen LogP contribution in [-0.2, 0) is 4.74 Å². The summed E-state index contributed by atoms with van der Waals surface area (Å²) >= 11 is 0. The second-order valence-electron chi connectivity index (χ2n) is 4.60. The molecule has 0 spiro atoms. The predicted octanol–water partition coefficient (Wildman–Crippen LogP) is 1.53. The maximum Gasteiger partial charge on any atom is 0.337 e. The van der Waals surface area contributed by atoms with Crippen LogP contribution in [0.4, 0.5) is 11.5 Å². The molecule has 0 radical (unpaired) electrons. The highest BCUT2D eigenvalue weighted by atomic mass is 16.6. The molecule has 0 bridgehead atoms. The van der Waals surface area contributed by atoms with Crippen LogP contribution >= 0.6 is 0 Å². The first-order chi connectivity index (χ1) is 9.58. The summed E-state index contributed by atoms with van der Waals surface area (Å²) in [5.74, 6) is -0.535. The Hall–Kier alpha value is -2.22. The van der Waals surface area contributed by atoms with Crippen molar-refractivity contribution < 1.29 is 19.6 Å². The summed E-state index contributed by atoms with van der Waals surface area (Å²) < 4.78 is 5.39. The van der Waals surface area contributed by atoms with Gasteiger partial charge in [-0.15, -0.1) is 0 Å². The summed E-state index contributed by atoms with van der Waals surface area (Å²) in [4.78, 5) is 24.8. The molecule has 2 rings (SSSR count). The molecule has 1 aliphatic carbocycles. The van der Waals surface area contributed by atoms with E-state index >= 15 is 0 Å². The Morgan fingerprint density at radius 2 is 2.35 bits per heavy atom. The van der Waals surface area contributed by atoms with Gasteiger partial charge in [-0.05, 0) is 18.8 Å². The van der Waals surface area contributed by atoms with Gasteiger partial charge in [-0.2, -0.15) is 0 Å². The first kappa shape index (κ1) is 14.2. The summed E-state index contributed by atoms with van der Waals surface area (Å²) in [7, 11) is 0. The third kappa shape index (κ3) is 3.89. The summed E-state index contributed by atoms with van der Waals surface area (Å²) in [6.07, 6.45) is 3.50. The van der Waals surface area contributed by atoms with Gasteiger partial charge < -0.3 is 15.2 Å². The van der Waals surface area contributed by atoms with Crippen molar-refractivity contribution in [3.63, 3.8) is 0 Å². The molecular formula is C12H15N3O5. The third-order valence-electron chi connectivity index (χ3n) is 2.90. The number of hydrogen-bond acceptors (Lipinski definition) is 6. The molecule has 8 heteroatoms. The van der Waals surface area contributed by atoms with E-state index < -0.39 is 10.9 Å². The van der Waals surface area contributed by atoms with E-state index in [9.17, 15) is 14.9 Å². The molecule has 1 aromatic heterocycles. The van der Waals surface area contributed by atoms with Gasteiger partial charge in [0.1, 0.15) is 0 Å². The zero-order valence-corrected chi connectivity index (χ0v) is 10.7. The van der Waals surface area contributed by atoms with Crippen LogP contribution in [-0.4, -0.2) is 40.7 Å². The molecular weight excluding hydrogens is 266 g/mol. The monoisotopic (exact) mass is 281 g/mol. The van der Waals surface area contributed by atoms with Crippen LogP contribution in [0.3, 0.4) is 0 Å². The molecule has 1 heterocycles. The second kappa shape index (κ2) is 6.29. The molecule has 1 aromatic rings. The molecule has 0 atom stereocenters. The minimum absolute atomic E-state index is 0.0509. The van der Waals surface area contributed by atoms with Crippen LogP contribution in [0, 0.1) is 16.0 Å². The van der Waals surface area contributed by atoms with Gasteiger partial charge in [0.05, 0.1) is 17.1 Å². The van der Waals surface area contributed by atoms with Crippen LogP contribution in [0.2, 0.25) is 0 Å². The molecule has 1 aliphatic rings. The Morgan fingerprint density at radius 1 is 1.60 bits per heavy atom.